The Balaban J connectivity index is 2.42. The summed E-state index contributed by atoms with van der Waals surface area (Å²) in [5, 5.41) is 6.89. The molecule has 0 fully saturated rings. The molecule has 0 aliphatic carbocycles. The van der Waals surface area contributed by atoms with Crippen LogP contribution in [0.4, 0.5) is 4.79 Å². The number of carbonyl (C=O) groups excluding carboxylic acids is 1. The second-order valence-corrected chi connectivity index (χ2v) is 6.60. The van der Waals surface area contributed by atoms with Crippen molar-refractivity contribution < 1.29 is 9.53 Å². The molecular weight excluding hydrogens is 288 g/mol. The van der Waals surface area contributed by atoms with Gasteiger partial charge in [0.05, 0.1) is 0 Å². The quantitative estimate of drug-likeness (QED) is 0.867. The molecule has 4 nitrogen and oxygen atoms in total. The molecule has 5 heteroatoms. The summed E-state index contributed by atoms with van der Waals surface area (Å²) in [5.41, 5.74) is 0.564. The van der Waals surface area contributed by atoms with E-state index in [2.05, 4.69) is 10.6 Å². The Hall–Kier alpha value is -1.26. The van der Waals surface area contributed by atoms with E-state index in [-0.39, 0.29) is 12.1 Å². The molecule has 1 aromatic rings. The molecule has 0 radical (unpaired) electrons. The monoisotopic (exact) mass is 312 g/mol. The minimum Gasteiger partial charge on any atom is -0.444 e. The van der Waals surface area contributed by atoms with E-state index in [9.17, 15) is 4.79 Å². The van der Waals surface area contributed by atoms with Crippen LogP contribution in [0.1, 0.15) is 46.2 Å². The van der Waals surface area contributed by atoms with Gasteiger partial charge in [-0.05, 0) is 46.2 Å². The summed E-state index contributed by atoms with van der Waals surface area (Å²) in [6.45, 7) is 10.1. The zero-order valence-electron chi connectivity index (χ0n) is 13.4. The van der Waals surface area contributed by atoms with Gasteiger partial charge in [0.25, 0.3) is 0 Å². The summed E-state index contributed by atoms with van der Waals surface area (Å²) in [4.78, 5) is 11.6. The molecule has 1 rings (SSSR count). The Morgan fingerprint density at radius 2 is 1.90 bits per heavy atom. The lowest BCUT2D eigenvalue weighted by molar-refractivity contribution is 0.0522. The van der Waals surface area contributed by atoms with Gasteiger partial charge in [-0.15, -0.1) is 0 Å². The van der Waals surface area contributed by atoms with Gasteiger partial charge in [-0.2, -0.15) is 0 Å². The maximum atomic E-state index is 11.6. The number of alkyl carbamates (subject to hydrolysis) is 1. The van der Waals surface area contributed by atoms with Crippen molar-refractivity contribution in [2.75, 3.05) is 6.54 Å². The fourth-order valence-corrected chi connectivity index (χ4v) is 2.25. The molecule has 0 aliphatic rings. The van der Waals surface area contributed by atoms with Crippen LogP contribution in [-0.2, 0) is 4.74 Å². The highest BCUT2D eigenvalue weighted by Crippen LogP contribution is 2.22. The lowest BCUT2D eigenvalue weighted by Gasteiger charge is -2.23. The zero-order valence-corrected chi connectivity index (χ0v) is 14.1. The first-order chi connectivity index (χ1) is 9.69. The van der Waals surface area contributed by atoms with E-state index in [1.807, 2.05) is 58.9 Å². The Labute approximate surface area is 132 Å². The third-order valence-corrected chi connectivity index (χ3v) is 3.20. The molecule has 0 heterocycles. The van der Waals surface area contributed by atoms with Crippen molar-refractivity contribution in [1.29, 1.82) is 0 Å². The Morgan fingerprint density at radius 1 is 1.29 bits per heavy atom. The Kier molecular flexibility index (Phi) is 6.49. The summed E-state index contributed by atoms with van der Waals surface area (Å²) < 4.78 is 5.20. The molecule has 1 aromatic carbocycles. The first-order valence-electron chi connectivity index (χ1n) is 7.16. The standard InChI is InChI=1S/C16H25ClN2O2/c1-11(10-18-15(20)21-16(3,4)5)19-12(2)13-8-6-7-9-14(13)17/h6-9,11-12,19H,10H2,1-5H3,(H,18,20). The van der Waals surface area contributed by atoms with Crippen molar-refractivity contribution >= 4 is 17.7 Å². The minimum atomic E-state index is -0.481. The van der Waals surface area contributed by atoms with Crippen LogP contribution >= 0.6 is 11.6 Å². The molecule has 0 saturated heterocycles. The van der Waals surface area contributed by atoms with Crippen molar-refractivity contribution in [2.24, 2.45) is 0 Å². The van der Waals surface area contributed by atoms with Crippen molar-refractivity contribution in [2.45, 2.75) is 52.3 Å². The molecule has 2 atom stereocenters. The van der Waals surface area contributed by atoms with Crippen molar-refractivity contribution in [3.63, 3.8) is 0 Å². The first-order valence-corrected chi connectivity index (χ1v) is 7.54. The minimum absolute atomic E-state index is 0.101. The maximum Gasteiger partial charge on any atom is 0.407 e. The highest BCUT2D eigenvalue weighted by atomic mass is 35.5. The fraction of sp³-hybridized carbons (Fsp3) is 0.562. The van der Waals surface area contributed by atoms with Crippen molar-refractivity contribution in [1.82, 2.24) is 10.6 Å². The van der Waals surface area contributed by atoms with Gasteiger partial charge < -0.3 is 15.4 Å². The summed E-state index contributed by atoms with van der Waals surface area (Å²) in [6.07, 6.45) is -0.401. The van der Waals surface area contributed by atoms with Crippen LogP contribution in [0.15, 0.2) is 24.3 Å². The molecule has 0 aromatic heterocycles. The number of nitrogens with one attached hydrogen (secondary N) is 2. The summed E-state index contributed by atoms with van der Waals surface area (Å²) >= 11 is 6.17. The van der Waals surface area contributed by atoms with Gasteiger partial charge in [0.2, 0.25) is 0 Å². The lowest BCUT2D eigenvalue weighted by atomic mass is 10.1. The molecule has 21 heavy (non-hydrogen) atoms. The van der Waals surface area contributed by atoms with Crippen LogP contribution < -0.4 is 10.6 Å². The average molecular weight is 313 g/mol. The number of hydrogen-bond acceptors (Lipinski definition) is 3. The SMILES string of the molecule is CC(CNC(=O)OC(C)(C)C)NC(C)c1ccccc1Cl. The molecule has 118 valence electrons. The summed E-state index contributed by atoms with van der Waals surface area (Å²) in [5.74, 6) is 0. The number of ether oxygens (including phenoxy) is 1. The van der Waals surface area contributed by atoms with Gasteiger partial charge in [0.1, 0.15) is 5.60 Å². The number of rotatable bonds is 5. The van der Waals surface area contributed by atoms with Crippen LogP contribution in [0.5, 0.6) is 0 Å². The van der Waals surface area contributed by atoms with E-state index in [1.165, 1.54) is 0 Å². The Morgan fingerprint density at radius 3 is 2.48 bits per heavy atom. The number of carbonyl (C=O) groups is 1. The number of benzene rings is 1. The van der Waals surface area contributed by atoms with Crippen LogP contribution in [-0.4, -0.2) is 24.3 Å². The first kappa shape index (κ1) is 17.8. The number of hydrogen-bond donors (Lipinski definition) is 2. The smallest absolute Gasteiger partial charge is 0.407 e. The number of halogens is 1. The van der Waals surface area contributed by atoms with E-state index in [0.717, 1.165) is 10.6 Å². The van der Waals surface area contributed by atoms with Crippen LogP contribution in [0.2, 0.25) is 5.02 Å². The second kappa shape index (κ2) is 7.66. The topological polar surface area (TPSA) is 50.4 Å². The van der Waals surface area contributed by atoms with Gasteiger partial charge in [0.15, 0.2) is 0 Å². The van der Waals surface area contributed by atoms with Gasteiger partial charge >= 0.3 is 6.09 Å². The maximum absolute atomic E-state index is 11.6. The fourth-order valence-electron chi connectivity index (χ4n) is 1.95. The van der Waals surface area contributed by atoms with Crippen molar-refractivity contribution in [3.05, 3.63) is 34.9 Å². The van der Waals surface area contributed by atoms with E-state index in [1.54, 1.807) is 0 Å². The second-order valence-electron chi connectivity index (χ2n) is 6.19. The molecule has 0 aliphatic heterocycles. The average Bonchev–Trinajstić information content (AvgIpc) is 2.34. The molecule has 1 amide bonds. The predicted octanol–water partition coefficient (Wildman–Crippen LogP) is 3.90. The number of amides is 1. The van der Waals surface area contributed by atoms with Crippen LogP contribution in [0.3, 0.4) is 0 Å². The third kappa shape index (κ3) is 6.82. The van der Waals surface area contributed by atoms with Gasteiger partial charge in [-0.3, -0.25) is 0 Å². The van der Waals surface area contributed by atoms with E-state index >= 15 is 0 Å². The zero-order chi connectivity index (χ0) is 16.0. The van der Waals surface area contributed by atoms with E-state index < -0.39 is 11.7 Å². The van der Waals surface area contributed by atoms with Gasteiger partial charge in [-0.1, -0.05) is 29.8 Å². The highest BCUT2D eigenvalue weighted by Gasteiger charge is 2.17. The van der Waals surface area contributed by atoms with Gasteiger partial charge in [-0.25, -0.2) is 4.79 Å². The normalized spacial score (nSPS) is 14.4. The molecule has 0 saturated carbocycles. The summed E-state index contributed by atoms with van der Waals surface area (Å²) in [7, 11) is 0. The predicted molar refractivity (Wildman–Crippen MR) is 86.7 cm³/mol. The van der Waals surface area contributed by atoms with Crippen molar-refractivity contribution in [3.8, 4) is 0 Å². The molecular formula is C16H25ClN2O2. The molecule has 0 spiro atoms. The molecule has 2 N–H and O–H groups in total. The Bertz CT molecular complexity index is 472. The molecule has 0 bridgehead atoms. The van der Waals surface area contributed by atoms with Gasteiger partial charge in [0, 0.05) is 23.7 Å². The van der Waals surface area contributed by atoms with Crippen LogP contribution in [0, 0.1) is 0 Å². The largest absolute Gasteiger partial charge is 0.444 e. The lowest BCUT2D eigenvalue weighted by Crippen LogP contribution is -2.42. The third-order valence-electron chi connectivity index (χ3n) is 2.86. The highest BCUT2D eigenvalue weighted by molar-refractivity contribution is 6.31. The van der Waals surface area contributed by atoms with Crippen LogP contribution in [0.25, 0.3) is 0 Å². The van der Waals surface area contributed by atoms with E-state index in [4.69, 9.17) is 16.3 Å². The molecule has 2 unspecified atom stereocenters. The summed E-state index contributed by atoms with van der Waals surface area (Å²) in [6, 6.07) is 7.94. The van der Waals surface area contributed by atoms with E-state index in [0.29, 0.717) is 6.54 Å².